The van der Waals surface area contributed by atoms with E-state index in [1.54, 1.807) is 18.2 Å². The Hall–Kier alpha value is -1.75. The second kappa shape index (κ2) is 6.61. The quantitative estimate of drug-likeness (QED) is 0.846. The third-order valence-electron chi connectivity index (χ3n) is 2.91. The van der Waals surface area contributed by atoms with Crippen LogP contribution in [-0.4, -0.2) is 24.1 Å². The SMILES string of the molecule is COc1cc(Cl)ccc1CNC(=O)CC(C)(C)C(=O)O. The summed E-state index contributed by atoms with van der Waals surface area (Å²) < 4.78 is 5.17. The predicted molar refractivity (Wildman–Crippen MR) is 75.9 cm³/mol. The van der Waals surface area contributed by atoms with Gasteiger partial charge in [0, 0.05) is 23.6 Å². The number of hydrogen-bond donors (Lipinski definition) is 2. The normalized spacial score (nSPS) is 11.0. The highest BCUT2D eigenvalue weighted by molar-refractivity contribution is 6.30. The summed E-state index contributed by atoms with van der Waals surface area (Å²) in [6.07, 6.45) is -0.0851. The summed E-state index contributed by atoms with van der Waals surface area (Å²) in [5.41, 5.74) is -0.313. The van der Waals surface area contributed by atoms with Crippen LogP contribution in [0.2, 0.25) is 5.02 Å². The second-order valence-electron chi connectivity index (χ2n) is 5.10. The highest BCUT2D eigenvalue weighted by Crippen LogP contribution is 2.23. The molecule has 1 aromatic carbocycles. The van der Waals surface area contributed by atoms with Gasteiger partial charge in [0.25, 0.3) is 0 Å². The fraction of sp³-hybridized carbons (Fsp3) is 0.429. The number of halogens is 1. The van der Waals surface area contributed by atoms with E-state index in [2.05, 4.69) is 5.32 Å². The summed E-state index contributed by atoms with van der Waals surface area (Å²) in [7, 11) is 1.52. The molecule has 0 atom stereocenters. The molecule has 5 nitrogen and oxygen atoms in total. The zero-order valence-corrected chi connectivity index (χ0v) is 12.5. The van der Waals surface area contributed by atoms with Crippen molar-refractivity contribution in [3.05, 3.63) is 28.8 Å². The zero-order valence-electron chi connectivity index (χ0n) is 11.7. The van der Waals surface area contributed by atoms with Crippen molar-refractivity contribution in [1.29, 1.82) is 0 Å². The van der Waals surface area contributed by atoms with Crippen LogP contribution < -0.4 is 10.1 Å². The molecule has 0 fully saturated rings. The van der Waals surface area contributed by atoms with Crippen LogP contribution in [0.5, 0.6) is 5.75 Å². The molecule has 0 bridgehead atoms. The lowest BCUT2D eigenvalue weighted by molar-refractivity contribution is -0.149. The standard InChI is InChI=1S/C14H18ClNO4/c1-14(2,13(18)19)7-12(17)16-8-9-4-5-10(15)6-11(9)20-3/h4-6H,7-8H2,1-3H3,(H,16,17)(H,18,19). The lowest BCUT2D eigenvalue weighted by Gasteiger charge is -2.18. The Morgan fingerprint density at radius 1 is 1.40 bits per heavy atom. The van der Waals surface area contributed by atoms with Crippen LogP contribution in [0.15, 0.2) is 18.2 Å². The lowest BCUT2D eigenvalue weighted by atomic mass is 9.89. The number of methoxy groups -OCH3 is 1. The number of ether oxygens (including phenoxy) is 1. The van der Waals surface area contributed by atoms with Gasteiger partial charge in [-0.3, -0.25) is 9.59 Å². The molecule has 0 spiro atoms. The molecule has 1 aromatic rings. The Kier molecular flexibility index (Phi) is 5.39. The van der Waals surface area contributed by atoms with Gasteiger partial charge in [0.2, 0.25) is 5.91 Å². The van der Waals surface area contributed by atoms with Gasteiger partial charge in [-0.15, -0.1) is 0 Å². The van der Waals surface area contributed by atoms with E-state index in [9.17, 15) is 9.59 Å². The van der Waals surface area contributed by atoms with E-state index in [0.29, 0.717) is 10.8 Å². The number of rotatable bonds is 6. The number of carbonyl (C=O) groups excluding carboxylic acids is 1. The maximum absolute atomic E-state index is 11.8. The summed E-state index contributed by atoms with van der Waals surface area (Å²) in [5, 5.41) is 12.2. The van der Waals surface area contributed by atoms with E-state index in [0.717, 1.165) is 5.56 Å². The van der Waals surface area contributed by atoms with Gasteiger partial charge < -0.3 is 15.2 Å². The van der Waals surface area contributed by atoms with Gasteiger partial charge in [-0.1, -0.05) is 17.7 Å². The van der Waals surface area contributed by atoms with Crippen LogP contribution in [0.25, 0.3) is 0 Å². The lowest BCUT2D eigenvalue weighted by Crippen LogP contribution is -2.33. The Morgan fingerprint density at radius 2 is 2.05 bits per heavy atom. The molecule has 0 unspecified atom stereocenters. The van der Waals surface area contributed by atoms with Crippen molar-refractivity contribution in [2.24, 2.45) is 5.41 Å². The Morgan fingerprint density at radius 3 is 2.60 bits per heavy atom. The van der Waals surface area contributed by atoms with Crippen LogP contribution in [0.4, 0.5) is 0 Å². The van der Waals surface area contributed by atoms with Crippen LogP contribution in [0.3, 0.4) is 0 Å². The molecule has 2 N–H and O–H groups in total. The minimum absolute atomic E-state index is 0.0851. The van der Waals surface area contributed by atoms with Crippen LogP contribution in [0, 0.1) is 5.41 Å². The number of benzene rings is 1. The molecule has 1 amide bonds. The van der Waals surface area contributed by atoms with Gasteiger partial charge in [-0.05, 0) is 26.0 Å². The predicted octanol–water partition coefficient (Wildman–Crippen LogP) is 2.47. The number of aliphatic carboxylic acids is 1. The molecule has 1 rings (SSSR count). The smallest absolute Gasteiger partial charge is 0.309 e. The van der Waals surface area contributed by atoms with Crippen molar-refractivity contribution in [1.82, 2.24) is 5.32 Å². The molecule has 20 heavy (non-hydrogen) atoms. The average molecular weight is 300 g/mol. The number of nitrogens with one attached hydrogen (secondary N) is 1. The summed E-state index contributed by atoms with van der Waals surface area (Å²) in [4.78, 5) is 22.7. The Balaban J connectivity index is 2.64. The highest BCUT2D eigenvalue weighted by Gasteiger charge is 2.30. The van der Waals surface area contributed by atoms with Crippen molar-refractivity contribution in [3.8, 4) is 5.75 Å². The summed E-state index contributed by atoms with van der Waals surface area (Å²) in [5.74, 6) is -0.749. The second-order valence-corrected chi connectivity index (χ2v) is 5.54. The molecule has 0 heterocycles. The van der Waals surface area contributed by atoms with Crippen molar-refractivity contribution >= 4 is 23.5 Å². The van der Waals surface area contributed by atoms with Crippen LogP contribution in [0.1, 0.15) is 25.8 Å². The van der Waals surface area contributed by atoms with E-state index >= 15 is 0 Å². The van der Waals surface area contributed by atoms with Crippen molar-refractivity contribution in [3.63, 3.8) is 0 Å². The van der Waals surface area contributed by atoms with E-state index < -0.39 is 11.4 Å². The average Bonchev–Trinajstić information content (AvgIpc) is 2.36. The van der Waals surface area contributed by atoms with Gasteiger partial charge in [0.15, 0.2) is 0 Å². The minimum Gasteiger partial charge on any atom is -0.496 e. The van der Waals surface area contributed by atoms with Crippen molar-refractivity contribution in [2.75, 3.05) is 7.11 Å². The molecule has 0 saturated carbocycles. The Bertz CT molecular complexity index is 514. The number of amides is 1. The topological polar surface area (TPSA) is 75.6 Å². The van der Waals surface area contributed by atoms with Crippen LogP contribution >= 0.6 is 11.6 Å². The van der Waals surface area contributed by atoms with E-state index in [1.165, 1.54) is 21.0 Å². The molecule has 0 aliphatic heterocycles. The molecular weight excluding hydrogens is 282 g/mol. The summed E-state index contributed by atoms with van der Waals surface area (Å²) in [6, 6.07) is 5.11. The number of carboxylic acids is 1. The van der Waals surface area contributed by atoms with Gasteiger partial charge in [-0.2, -0.15) is 0 Å². The summed E-state index contributed by atoms with van der Waals surface area (Å²) >= 11 is 5.85. The molecule has 110 valence electrons. The molecule has 6 heteroatoms. The third-order valence-corrected chi connectivity index (χ3v) is 3.14. The summed E-state index contributed by atoms with van der Waals surface area (Å²) in [6.45, 7) is 3.28. The maximum Gasteiger partial charge on any atom is 0.309 e. The fourth-order valence-electron chi connectivity index (χ4n) is 1.60. The van der Waals surface area contributed by atoms with Gasteiger partial charge in [-0.25, -0.2) is 0 Å². The fourth-order valence-corrected chi connectivity index (χ4v) is 1.76. The minimum atomic E-state index is -1.09. The monoisotopic (exact) mass is 299 g/mol. The number of carbonyl (C=O) groups is 2. The molecule has 0 aromatic heterocycles. The van der Waals surface area contributed by atoms with Crippen molar-refractivity contribution in [2.45, 2.75) is 26.8 Å². The maximum atomic E-state index is 11.8. The number of carboxylic acid groups (broad SMARTS) is 1. The first-order valence-electron chi connectivity index (χ1n) is 6.09. The van der Waals surface area contributed by atoms with E-state index in [4.69, 9.17) is 21.4 Å². The van der Waals surface area contributed by atoms with Crippen molar-refractivity contribution < 1.29 is 19.4 Å². The third kappa shape index (κ3) is 4.42. The molecule has 0 aliphatic rings. The van der Waals surface area contributed by atoms with Crippen LogP contribution in [-0.2, 0) is 16.1 Å². The van der Waals surface area contributed by atoms with E-state index in [-0.39, 0.29) is 18.9 Å². The molecule has 0 radical (unpaired) electrons. The first-order valence-corrected chi connectivity index (χ1v) is 6.46. The van der Waals surface area contributed by atoms with Gasteiger partial charge in [0.1, 0.15) is 5.75 Å². The first-order chi connectivity index (χ1) is 9.26. The molecular formula is C14H18ClNO4. The number of hydrogen-bond acceptors (Lipinski definition) is 3. The molecule has 0 saturated heterocycles. The zero-order chi connectivity index (χ0) is 15.3. The largest absolute Gasteiger partial charge is 0.496 e. The Labute approximate surface area is 122 Å². The first kappa shape index (κ1) is 16.3. The molecule has 0 aliphatic carbocycles. The highest BCUT2D eigenvalue weighted by atomic mass is 35.5. The van der Waals surface area contributed by atoms with E-state index in [1.807, 2.05) is 0 Å². The van der Waals surface area contributed by atoms with Gasteiger partial charge in [0.05, 0.1) is 12.5 Å². The van der Waals surface area contributed by atoms with Gasteiger partial charge >= 0.3 is 5.97 Å².